The smallest absolute Gasteiger partial charge is 0.240 e. The highest BCUT2D eigenvalue weighted by Crippen LogP contribution is 2.25. The highest BCUT2D eigenvalue weighted by Gasteiger charge is 2.20. The lowest BCUT2D eigenvalue weighted by Gasteiger charge is -2.14. The van der Waals surface area contributed by atoms with Gasteiger partial charge in [0.15, 0.2) is 0 Å². The van der Waals surface area contributed by atoms with Crippen LogP contribution in [0.25, 0.3) is 0 Å². The lowest BCUT2D eigenvalue weighted by molar-refractivity contribution is 0.411. The van der Waals surface area contributed by atoms with Crippen molar-refractivity contribution in [2.24, 2.45) is 5.92 Å². The molecule has 1 saturated heterocycles. The summed E-state index contributed by atoms with van der Waals surface area (Å²) in [5.74, 6) is 1.29. The van der Waals surface area contributed by atoms with Crippen molar-refractivity contribution in [2.45, 2.75) is 31.6 Å². The SMILES string of the molecule is COc1cc(C)c(S(=O)(=O)NCCC2CCNC2)cc1C. The van der Waals surface area contributed by atoms with Gasteiger partial charge in [0.05, 0.1) is 12.0 Å². The summed E-state index contributed by atoms with van der Waals surface area (Å²) in [7, 11) is -1.87. The quantitative estimate of drug-likeness (QED) is 0.837. The number of ether oxygens (including phenoxy) is 1. The van der Waals surface area contributed by atoms with Crippen molar-refractivity contribution in [1.29, 1.82) is 0 Å². The van der Waals surface area contributed by atoms with E-state index >= 15 is 0 Å². The van der Waals surface area contributed by atoms with Crippen LogP contribution in [0.3, 0.4) is 0 Å². The molecule has 1 aromatic carbocycles. The number of hydrogen-bond donors (Lipinski definition) is 2. The van der Waals surface area contributed by atoms with E-state index in [-0.39, 0.29) is 0 Å². The van der Waals surface area contributed by atoms with Crippen LogP contribution < -0.4 is 14.8 Å². The highest BCUT2D eigenvalue weighted by molar-refractivity contribution is 7.89. The number of nitrogens with one attached hydrogen (secondary N) is 2. The second-order valence-electron chi connectivity index (χ2n) is 5.63. The molecule has 0 saturated carbocycles. The molecular weight excluding hydrogens is 288 g/mol. The minimum absolute atomic E-state index is 0.338. The molecule has 1 aliphatic heterocycles. The highest BCUT2D eigenvalue weighted by atomic mass is 32.2. The number of methoxy groups -OCH3 is 1. The number of hydrogen-bond acceptors (Lipinski definition) is 4. The van der Waals surface area contributed by atoms with E-state index in [2.05, 4.69) is 10.0 Å². The Bertz CT molecular complexity index is 593. The first-order chi connectivity index (χ1) is 9.94. The average Bonchev–Trinajstić information content (AvgIpc) is 2.93. The van der Waals surface area contributed by atoms with Crippen LogP contribution in [0.4, 0.5) is 0 Å². The van der Waals surface area contributed by atoms with Crippen molar-refractivity contribution < 1.29 is 13.2 Å². The van der Waals surface area contributed by atoms with Crippen molar-refractivity contribution >= 4 is 10.0 Å². The fourth-order valence-corrected chi connectivity index (χ4v) is 4.07. The summed E-state index contributed by atoms with van der Waals surface area (Å²) < 4.78 is 32.8. The third-order valence-corrected chi connectivity index (χ3v) is 5.59. The molecule has 0 radical (unpaired) electrons. The summed E-state index contributed by atoms with van der Waals surface area (Å²) >= 11 is 0. The molecule has 21 heavy (non-hydrogen) atoms. The van der Waals surface area contributed by atoms with Crippen LogP contribution in [0.15, 0.2) is 17.0 Å². The average molecular weight is 312 g/mol. The zero-order valence-electron chi connectivity index (χ0n) is 12.9. The van der Waals surface area contributed by atoms with Crippen molar-refractivity contribution in [3.05, 3.63) is 23.3 Å². The molecule has 1 fully saturated rings. The van der Waals surface area contributed by atoms with Gasteiger partial charge in [-0.25, -0.2) is 13.1 Å². The second-order valence-corrected chi connectivity index (χ2v) is 7.37. The fraction of sp³-hybridized carbons (Fsp3) is 0.600. The van der Waals surface area contributed by atoms with Crippen LogP contribution in [0.2, 0.25) is 0 Å². The predicted octanol–water partition coefficient (Wildman–Crippen LogP) is 1.59. The van der Waals surface area contributed by atoms with Crippen molar-refractivity contribution in [3.63, 3.8) is 0 Å². The molecule has 0 spiro atoms. The Kier molecular flexibility index (Phi) is 5.24. The molecule has 6 heteroatoms. The van der Waals surface area contributed by atoms with E-state index in [0.29, 0.717) is 28.7 Å². The Balaban J connectivity index is 2.06. The Morgan fingerprint density at radius 1 is 1.33 bits per heavy atom. The maximum Gasteiger partial charge on any atom is 0.240 e. The van der Waals surface area contributed by atoms with E-state index in [4.69, 9.17) is 4.74 Å². The molecule has 1 aromatic rings. The summed E-state index contributed by atoms with van der Waals surface area (Å²) in [6.07, 6.45) is 2.00. The first-order valence-corrected chi connectivity index (χ1v) is 8.78. The molecule has 5 nitrogen and oxygen atoms in total. The normalized spacial score (nSPS) is 18.9. The first kappa shape index (κ1) is 16.3. The van der Waals surface area contributed by atoms with E-state index in [1.807, 2.05) is 6.92 Å². The van der Waals surface area contributed by atoms with Crippen LogP contribution >= 0.6 is 0 Å². The van der Waals surface area contributed by atoms with Crippen LogP contribution in [0, 0.1) is 19.8 Å². The predicted molar refractivity (Wildman–Crippen MR) is 83.3 cm³/mol. The molecule has 1 aliphatic rings. The summed E-state index contributed by atoms with van der Waals surface area (Å²) in [5, 5.41) is 3.29. The van der Waals surface area contributed by atoms with Crippen LogP contribution in [-0.2, 0) is 10.0 Å². The van der Waals surface area contributed by atoms with E-state index < -0.39 is 10.0 Å². The van der Waals surface area contributed by atoms with E-state index in [0.717, 1.165) is 31.5 Å². The van der Waals surface area contributed by atoms with Gasteiger partial charge in [-0.15, -0.1) is 0 Å². The molecule has 0 aliphatic carbocycles. The van der Waals surface area contributed by atoms with Gasteiger partial charge in [-0.3, -0.25) is 0 Å². The Labute approximate surface area is 127 Å². The fourth-order valence-electron chi connectivity index (χ4n) is 2.71. The van der Waals surface area contributed by atoms with Gasteiger partial charge in [-0.2, -0.15) is 0 Å². The molecule has 0 amide bonds. The Morgan fingerprint density at radius 2 is 2.10 bits per heavy atom. The van der Waals surface area contributed by atoms with Crippen LogP contribution in [-0.4, -0.2) is 35.2 Å². The summed E-state index contributed by atoms with van der Waals surface area (Å²) in [4.78, 5) is 0.338. The number of benzene rings is 1. The summed E-state index contributed by atoms with van der Waals surface area (Å²) in [5.41, 5.74) is 1.52. The molecule has 2 rings (SSSR count). The molecule has 0 aromatic heterocycles. The standard InChI is InChI=1S/C15H24N2O3S/c1-11-9-15(12(2)8-14(11)20-3)21(18,19)17-7-5-13-4-6-16-10-13/h8-9,13,16-17H,4-7,10H2,1-3H3. The van der Waals surface area contributed by atoms with Crippen molar-refractivity contribution in [3.8, 4) is 5.75 Å². The lowest BCUT2D eigenvalue weighted by Crippen LogP contribution is -2.27. The topological polar surface area (TPSA) is 67.4 Å². The molecule has 1 unspecified atom stereocenters. The van der Waals surface area contributed by atoms with Gasteiger partial charge < -0.3 is 10.1 Å². The van der Waals surface area contributed by atoms with Gasteiger partial charge in [-0.1, -0.05) is 0 Å². The maximum absolute atomic E-state index is 12.4. The minimum Gasteiger partial charge on any atom is -0.496 e. The molecular formula is C15H24N2O3S. The third-order valence-electron chi connectivity index (χ3n) is 3.99. The monoisotopic (exact) mass is 312 g/mol. The number of aryl methyl sites for hydroxylation is 2. The van der Waals surface area contributed by atoms with Gasteiger partial charge in [0.1, 0.15) is 5.75 Å². The number of sulfonamides is 1. The maximum atomic E-state index is 12.4. The first-order valence-electron chi connectivity index (χ1n) is 7.29. The van der Waals surface area contributed by atoms with E-state index in [1.165, 1.54) is 0 Å². The minimum atomic E-state index is -3.46. The lowest BCUT2D eigenvalue weighted by atomic mass is 10.1. The van der Waals surface area contributed by atoms with Gasteiger partial charge in [0.2, 0.25) is 10.0 Å². The Hall–Kier alpha value is -1.11. The van der Waals surface area contributed by atoms with Crippen LogP contribution in [0.5, 0.6) is 5.75 Å². The van der Waals surface area contributed by atoms with Crippen LogP contribution in [0.1, 0.15) is 24.0 Å². The molecule has 118 valence electrons. The third kappa shape index (κ3) is 3.96. The largest absolute Gasteiger partial charge is 0.496 e. The summed E-state index contributed by atoms with van der Waals surface area (Å²) in [6.45, 7) is 6.15. The molecule has 2 N–H and O–H groups in total. The van der Waals surface area contributed by atoms with Gasteiger partial charge in [-0.05, 0) is 69.0 Å². The van der Waals surface area contributed by atoms with Crippen molar-refractivity contribution in [2.75, 3.05) is 26.7 Å². The van der Waals surface area contributed by atoms with Gasteiger partial charge in [0, 0.05) is 6.54 Å². The zero-order chi connectivity index (χ0) is 15.5. The van der Waals surface area contributed by atoms with Gasteiger partial charge in [0.25, 0.3) is 0 Å². The van der Waals surface area contributed by atoms with Crippen molar-refractivity contribution in [1.82, 2.24) is 10.0 Å². The van der Waals surface area contributed by atoms with E-state index in [9.17, 15) is 8.42 Å². The Morgan fingerprint density at radius 3 is 2.71 bits per heavy atom. The molecule has 1 atom stereocenters. The second kappa shape index (κ2) is 6.77. The van der Waals surface area contributed by atoms with Gasteiger partial charge >= 0.3 is 0 Å². The summed E-state index contributed by atoms with van der Waals surface area (Å²) in [6, 6.07) is 3.44. The molecule has 0 bridgehead atoms. The molecule has 1 heterocycles. The number of rotatable bonds is 6. The zero-order valence-corrected chi connectivity index (χ0v) is 13.7. The van der Waals surface area contributed by atoms with E-state index in [1.54, 1.807) is 26.2 Å².